The molecule has 3 fully saturated rings. The van der Waals surface area contributed by atoms with Gasteiger partial charge >= 0.3 is 6.09 Å². The summed E-state index contributed by atoms with van der Waals surface area (Å²) in [5, 5.41) is 0. The summed E-state index contributed by atoms with van der Waals surface area (Å²) in [6.07, 6.45) is 2.17. The molecule has 3 aliphatic rings. The van der Waals surface area contributed by atoms with Crippen molar-refractivity contribution in [3.05, 3.63) is 71.8 Å². The van der Waals surface area contributed by atoms with Crippen LogP contribution in [0.5, 0.6) is 0 Å². The fraction of sp³-hybridized carbons (Fsp3) is 0.409. The topological polar surface area (TPSA) is 32.8 Å². The lowest BCUT2D eigenvalue weighted by atomic mass is 9.83. The molecule has 3 saturated heterocycles. The van der Waals surface area contributed by atoms with E-state index in [-0.39, 0.29) is 12.1 Å². The summed E-state index contributed by atoms with van der Waals surface area (Å²) in [5.74, 6) is 0.591. The summed E-state index contributed by atoms with van der Waals surface area (Å²) >= 11 is 0. The summed E-state index contributed by atoms with van der Waals surface area (Å²) in [6.45, 7) is 4.24. The van der Waals surface area contributed by atoms with E-state index in [2.05, 4.69) is 17.0 Å². The number of carbonyl (C=O) groups excluding carboxylic acids is 1. The standard InChI is InChI=1S/C22H26N2O2/c25-22(26-17-19-9-5-2-6-10-19)24(15-18-7-3-1-4-8-18)21-16-23-13-11-20(21)12-14-23/h1-10,20-21H,11-17H2. The largest absolute Gasteiger partial charge is 0.445 e. The van der Waals surface area contributed by atoms with E-state index in [1.807, 2.05) is 53.4 Å². The number of benzene rings is 2. The molecule has 136 valence electrons. The Bertz CT molecular complexity index is 711. The Morgan fingerprint density at radius 1 is 0.962 bits per heavy atom. The smallest absolute Gasteiger partial charge is 0.410 e. The number of carbonyl (C=O) groups is 1. The van der Waals surface area contributed by atoms with Gasteiger partial charge in [0.1, 0.15) is 6.61 Å². The minimum Gasteiger partial charge on any atom is -0.445 e. The van der Waals surface area contributed by atoms with Crippen molar-refractivity contribution in [2.24, 2.45) is 5.92 Å². The highest BCUT2D eigenvalue weighted by Gasteiger charge is 2.39. The number of fused-ring (bicyclic) bond motifs is 3. The van der Waals surface area contributed by atoms with Gasteiger partial charge in [-0.05, 0) is 43.0 Å². The molecule has 0 radical (unpaired) electrons. The Kier molecular flexibility index (Phi) is 5.21. The Balaban J connectivity index is 1.49. The summed E-state index contributed by atoms with van der Waals surface area (Å²) in [7, 11) is 0. The third-order valence-electron chi connectivity index (χ3n) is 5.66. The second-order valence-electron chi connectivity index (χ2n) is 7.36. The van der Waals surface area contributed by atoms with Crippen LogP contribution in [0.2, 0.25) is 0 Å². The molecule has 1 atom stereocenters. The number of piperidine rings is 3. The number of nitrogens with zero attached hydrogens (tertiary/aromatic N) is 2. The maximum atomic E-state index is 13.0. The van der Waals surface area contributed by atoms with Crippen LogP contribution >= 0.6 is 0 Å². The zero-order chi connectivity index (χ0) is 17.8. The van der Waals surface area contributed by atoms with Crippen LogP contribution in [0, 0.1) is 5.92 Å². The molecule has 2 aromatic carbocycles. The van der Waals surface area contributed by atoms with Crippen molar-refractivity contribution in [1.82, 2.24) is 9.80 Å². The van der Waals surface area contributed by atoms with Crippen molar-refractivity contribution in [1.29, 1.82) is 0 Å². The lowest BCUT2D eigenvalue weighted by Gasteiger charge is -2.48. The Hall–Kier alpha value is -2.33. The Labute approximate surface area is 155 Å². The first kappa shape index (κ1) is 17.1. The first-order chi connectivity index (χ1) is 12.8. The Morgan fingerprint density at radius 3 is 2.15 bits per heavy atom. The molecule has 0 aliphatic carbocycles. The fourth-order valence-electron chi connectivity index (χ4n) is 4.19. The van der Waals surface area contributed by atoms with E-state index >= 15 is 0 Å². The summed E-state index contributed by atoms with van der Waals surface area (Å²) in [6, 6.07) is 20.4. The van der Waals surface area contributed by atoms with E-state index in [0.717, 1.165) is 17.7 Å². The zero-order valence-electron chi connectivity index (χ0n) is 15.1. The average Bonchev–Trinajstić information content (AvgIpc) is 2.72. The highest BCUT2D eigenvalue weighted by Crippen LogP contribution is 2.32. The second kappa shape index (κ2) is 7.92. The predicted molar refractivity (Wildman–Crippen MR) is 102 cm³/mol. The molecule has 3 aliphatic heterocycles. The van der Waals surface area contributed by atoms with Crippen LogP contribution in [-0.2, 0) is 17.9 Å². The van der Waals surface area contributed by atoms with Crippen molar-refractivity contribution >= 4 is 6.09 Å². The predicted octanol–water partition coefficient (Wildman–Crippen LogP) is 3.92. The third-order valence-corrected chi connectivity index (χ3v) is 5.66. The lowest BCUT2D eigenvalue weighted by Crippen LogP contribution is -2.58. The molecule has 1 unspecified atom stereocenters. The van der Waals surface area contributed by atoms with Crippen LogP contribution in [0.4, 0.5) is 4.79 Å². The van der Waals surface area contributed by atoms with E-state index < -0.39 is 0 Å². The zero-order valence-corrected chi connectivity index (χ0v) is 15.1. The highest BCUT2D eigenvalue weighted by atomic mass is 16.6. The van der Waals surface area contributed by atoms with E-state index in [4.69, 9.17) is 4.74 Å². The molecule has 0 aromatic heterocycles. The number of ether oxygens (including phenoxy) is 1. The van der Waals surface area contributed by atoms with Crippen LogP contribution < -0.4 is 0 Å². The highest BCUT2D eigenvalue weighted by molar-refractivity contribution is 5.68. The van der Waals surface area contributed by atoms with Gasteiger partial charge in [-0.25, -0.2) is 4.79 Å². The number of hydrogen-bond donors (Lipinski definition) is 0. The van der Waals surface area contributed by atoms with Gasteiger partial charge < -0.3 is 9.64 Å². The molecule has 1 amide bonds. The minimum atomic E-state index is -0.198. The molecule has 2 aromatic rings. The van der Waals surface area contributed by atoms with Crippen LogP contribution in [0.1, 0.15) is 24.0 Å². The Morgan fingerprint density at radius 2 is 1.58 bits per heavy atom. The van der Waals surface area contributed by atoms with Gasteiger partial charge in [-0.15, -0.1) is 0 Å². The molecule has 5 rings (SSSR count). The molecule has 4 heteroatoms. The van der Waals surface area contributed by atoms with Crippen LogP contribution in [0.25, 0.3) is 0 Å². The fourth-order valence-corrected chi connectivity index (χ4v) is 4.19. The lowest BCUT2D eigenvalue weighted by molar-refractivity contribution is -0.00331. The maximum absolute atomic E-state index is 13.0. The van der Waals surface area contributed by atoms with E-state index in [1.165, 1.54) is 25.9 Å². The van der Waals surface area contributed by atoms with Gasteiger partial charge in [-0.3, -0.25) is 4.90 Å². The second-order valence-corrected chi connectivity index (χ2v) is 7.36. The third kappa shape index (κ3) is 3.91. The van der Waals surface area contributed by atoms with Crippen molar-refractivity contribution in [3.63, 3.8) is 0 Å². The molecule has 0 spiro atoms. The molecular weight excluding hydrogens is 324 g/mol. The summed E-state index contributed by atoms with van der Waals surface area (Å²) < 4.78 is 5.69. The molecular formula is C22H26N2O2. The quantitative estimate of drug-likeness (QED) is 0.819. The number of hydrogen-bond acceptors (Lipinski definition) is 3. The molecule has 3 heterocycles. The summed E-state index contributed by atoms with van der Waals surface area (Å²) in [4.78, 5) is 17.4. The van der Waals surface area contributed by atoms with Crippen molar-refractivity contribution < 1.29 is 9.53 Å². The molecule has 0 saturated carbocycles. The van der Waals surface area contributed by atoms with Crippen LogP contribution in [0.15, 0.2) is 60.7 Å². The number of amides is 1. The van der Waals surface area contributed by atoms with Crippen molar-refractivity contribution in [3.8, 4) is 0 Å². The van der Waals surface area contributed by atoms with E-state index in [0.29, 0.717) is 19.1 Å². The normalized spacial score (nSPS) is 24.2. The van der Waals surface area contributed by atoms with Gasteiger partial charge in [0.05, 0.1) is 6.04 Å². The molecule has 0 N–H and O–H groups in total. The molecule has 4 nitrogen and oxygen atoms in total. The molecule has 26 heavy (non-hydrogen) atoms. The first-order valence-electron chi connectivity index (χ1n) is 9.53. The summed E-state index contributed by atoms with van der Waals surface area (Å²) in [5.41, 5.74) is 2.18. The van der Waals surface area contributed by atoms with Crippen LogP contribution in [-0.4, -0.2) is 41.6 Å². The van der Waals surface area contributed by atoms with Crippen molar-refractivity contribution in [2.75, 3.05) is 19.6 Å². The monoisotopic (exact) mass is 350 g/mol. The van der Waals surface area contributed by atoms with Gasteiger partial charge in [-0.1, -0.05) is 60.7 Å². The average molecular weight is 350 g/mol. The maximum Gasteiger partial charge on any atom is 0.410 e. The number of rotatable bonds is 5. The first-order valence-corrected chi connectivity index (χ1v) is 9.53. The SMILES string of the molecule is O=C(OCc1ccccc1)N(Cc1ccccc1)C1CN2CCC1CC2. The minimum absolute atomic E-state index is 0.198. The van der Waals surface area contributed by atoms with Gasteiger partial charge in [-0.2, -0.15) is 0 Å². The van der Waals surface area contributed by atoms with Gasteiger partial charge in [0.2, 0.25) is 0 Å². The van der Waals surface area contributed by atoms with Gasteiger partial charge in [0.15, 0.2) is 0 Å². The van der Waals surface area contributed by atoms with Crippen LogP contribution in [0.3, 0.4) is 0 Å². The van der Waals surface area contributed by atoms with Gasteiger partial charge in [0.25, 0.3) is 0 Å². The van der Waals surface area contributed by atoms with Gasteiger partial charge in [0, 0.05) is 13.1 Å². The van der Waals surface area contributed by atoms with Crippen molar-refractivity contribution in [2.45, 2.75) is 32.0 Å². The van der Waals surface area contributed by atoms with E-state index in [1.54, 1.807) is 0 Å². The molecule has 2 bridgehead atoms. The van der Waals surface area contributed by atoms with E-state index in [9.17, 15) is 4.79 Å².